The number of aromatic carboxylic acids is 2. The van der Waals surface area contributed by atoms with Crippen molar-refractivity contribution in [1.82, 2.24) is 0 Å². The maximum absolute atomic E-state index is 12.6. The van der Waals surface area contributed by atoms with Crippen molar-refractivity contribution in [2.45, 2.75) is 39.0 Å². The van der Waals surface area contributed by atoms with Crippen LogP contribution in [0.15, 0.2) is 116 Å². The molecule has 0 radical (unpaired) electrons. The zero-order chi connectivity index (χ0) is 52.8. The Hall–Kier alpha value is -8.11. The van der Waals surface area contributed by atoms with Gasteiger partial charge in [-0.1, -0.05) is 61.5 Å². The van der Waals surface area contributed by atoms with Crippen molar-refractivity contribution in [3.8, 4) is 23.0 Å². The van der Waals surface area contributed by atoms with Gasteiger partial charge in [-0.05, 0) is 90.7 Å². The molecule has 0 spiro atoms. The van der Waals surface area contributed by atoms with Gasteiger partial charge in [0.25, 0.3) is 11.4 Å². The predicted octanol–water partition coefficient (Wildman–Crippen LogP) is 11.8. The fraction of sp³-hybridized carbons (Fsp3) is 0.133. The third-order valence-corrected chi connectivity index (χ3v) is 8.79. The number of carboxylic acids is 2. The number of halogens is 8. The lowest BCUT2D eigenvalue weighted by Crippen LogP contribution is -2.15. The van der Waals surface area contributed by atoms with Crippen molar-refractivity contribution in [2.24, 2.45) is 5.73 Å². The Kier molecular flexibility index (Phi) is 23.5. The number of carboxylic acid groups (broad SMARTS) is 2. The standard InChI is InChI=1S/2C14H7ClF3NO5.C11H15NO.2C3H4O/c2*15-10-5-7(14(16,17)18)1-4-12(10)24-8-2-3-11(19(22)23)9(6-8)13(20)21;1-3-9-6-4-5-8(2)10(9)7-11(12)13;2*1-2-3-4/h2*1-6H,(H,20,21);4-6H,3,7H2,1-2H3,(H2,12,13);2*2-3H,1H2. The van der Waals surface area contributed by atoms with E-state index in [2.05, 4.69) is 20.1 Å². The highest BCUT2D eigenvalue weighted by molar-refractivity contribution is 6.32. The minimum absolute atomic E-state index is 0.125. The van der Waals surface area contributed by atoms with E-state index >= 15 is 0 Å². The van der Waals surface area contributed by atoms with E-state index in [1.807, 2.05) is 25.1 Å². The molecule has 366 valence electrons. The molecule has 24 heteroatoms. The maximum atomic E-state index is 12.6. The number of hydrogen-bond acceptors (Lipinski definition) is 11. The number of hydrogen-bond donors (Lipinski definition) is 3. The largest absolute Gasteiger partial charge is 0.477 e. The Balaban J connectivity index is 0.000000495. The number of allylic oxidation sites excluding steroid dienone is 2. The number of rotatable bonds is 13. The van der Waals surface area contributed by atoms with Gasteiger partial charge in [0.15, 0.2) is 0 Å². The highest BCUT2D eigenvalue weighted by Gasteiger charge is 2.32. The summed E-state index contributed by atoms with van der Waals surface area (Å²) in [4.78, 5) is 70.8. The first-order valence-electron chi connectivity index (χ1n) is 18.8. The van der Waals surface area contributed by atoms with E-state index in [1.54, 1.807) is 0 Å². The molecule has 0 aliphatic carbocycles. The molecule has 4 N–H and O–H groups in total. The first kappa shape index (κ1) is 58.9. The Bertz CT molecular complexity index is 2530. The molecule has 0 bridgehead atoms. The summed E-state index contributed by atoms with van der Waals surface area (Å²) in [6, 6.07) is 16.6. The fourth-order valence-corrected chi connectivity index (χ4v) is 5.55. The molecule has 0 atom stereocenters. The molecular weight excluding hydrogens is 975 g/mol. The monoisotopic (exact) mass is 1010 g/mol. The molecule has 69 heavy (non-hydrogen) atoms. The number of nitrogens with zero attached hydrogens (tertiary/aromatic N) is 2. The van der Waals surface area contributed by atoms with E-state index in [4.69, 9.17) is 58.2 Å². The van der Waals surface area contributed by atoms with E-state index in [0.717, 1.165) is 78.2 Å². The van der Waals surface area contributed by atoms with Crippen LogP contribution in [0.4, 0.5) is 37.7 Å². The number of ether oxygens (including phenoxy) is 2. The summed E-state index contributed by atoms with van der Waals surface area (Å²) in [5.74, 6) is -3.93. The first-order valence-corrected chi connectivity index (χ1v) is 19.5. The van der Waals surface area contributed by atoms with Crippen LogP contribution >= 0.6 is 23.2 Å². The molecule has 0 aromatic heterocycles. The summed E-state index contributed by atoms with van der Waals surface area (Å²) in [6.07, 6.45) is -4.18. The number of nitro groups is 2. The fourth-order valence-electron chi connectivity index (χ4n) is 5.11. The molecule has 0 saturated heterocycles. The number of benzene rings is 5. The summed E-state index contributed by atoms with van der Waals surface area (Å²) >= 11 is 11.4. The molecule has 5 rings (SSSR count). The van der Waals surface area contributed by atoms with E-state index < -0.39 is 67.8 Å². The number of nitrogens with two attached hydrogens (primary N) is 1. The van der Waals surface area contributed by atoms with Crippen molar-refractivity contribution < 1.29 is 79.8 Å². The van der Waals surface area contributed by atoms with Crippen LogP contribution in [0.1, 0.15) is 55.5 Å². The lowest BCUT2D eigenvalue weighted by Gasteiger charge is -2.11. The zero-order valence-corrected chi connectivity index (χ0v) is 37.2. The summed E-state index contributed by atoms with van der Waals surface area (Å²) in [5, 5.41) is 38.8. The predicted molar refractivity (Wildman–Crippen MR) is 239 cm³/mol. The third kappa shape index (κ3) is 19.3. The second-order valence-corrected chi connectivity index (χ2v) is 13.7. The first-order chi connectivity index (χ1) is 32.2. The Morgan fingerprint density at radius 2 is 1.07 bits per heavy atom. The summed E-state index contributed by atoms with van der Waals surface area (Å²) in [7, 11) is 0. The number of alkyl halides is 6. The number of aldehydes is 2. The molecule has 0 saturated carbocycles. The lowest BCUT2D eigenvalue weighted by molar-refractivity contribution is -0.385. The van der Waals surface area contributed by atoms with E-state index in [1.165, 1.54) is 17.7 Å². The molecule has 16 nitrogen and oxygen atoms in total. The number of primary amides is 1. The van der Waals surface area contributed by atoms with E-state index in [0.29, 0.717) is 31.1 Å². The Labute approximate surface area is 397 Å². The van der Waals surface area contributed by atoms with Crippen LogP contribution in [0, 0.1) is 27.2 Å². The average Bonchev–Trinajstić information content (AvgIpc) is 3.28. The molecule has 1 amide bonds. The molecule has 0 heterocycles. The molecule has 0 aliphatic heterocycles. The van der Waals surface area contributed by atoms with Crippen molar-refractivity contribution in [2.75, 3.05) is 0 Å². The minimum atomic E-state index is -4.58. The van der Waals surface area contributed by atoms with E-state index in [9.17, 15) is 61.0 Å². The summed E-state index contributed by atoms with van der Waals surface area (Å²) in [6.45, 7) is 10.3. The average molecular weight is 1010 g/mol. The van der Waals surface area contributed by atoms with Crippen molar-refractivity contribution >= 4 is 65.0 Å². The second kappa shape index (κ2) is 27.5. The SMILES string of the molecule is C=CC=O.C=CC=O.CCc1cccc(C)c1CC(N)=O.O=C(O)c1cc(Oc2ccc(C(F)(F)F)cc2Cl)ccc1[N+](=O)[O-].O=C(O)c1cc(Oc2ccc(C(F)(F)F)cc2Cl)ccc1[N+](=O)[O-]. The smallest absolute Gasteiger partial charge is 0.416 e. The molecular formula is C45H37Cl2F6N3O13. The van der Waals surface area contributed by atoms with Gasteiger partial charge in [-0.2, -0.15) is 26.3 Å². The van der Waals surface area contributed by atoms with Gasteiger partial charge in [-0.3, -0.25) is 34.6 Å². The minimum Gasteiger partial charge on any atom is -0.477 e. The van der Waals surface area contributed by atoms with Crippen LogP contribution in [0.5, 0.6) is 23.0 Å². The van der Waals surface area contributed by atoms with Gasteiger partial charge in [-0.25, -0.2) is 9.59 Å². The zero-order valence-electron chi connectivity index (χ0n) is 35.7. The van der Waals surface area contributed by atoms with Gasteiger partial charge in [0, 0.05) is 24.3 Å². The topological polar surface area (TPSA) is 257 Å². The lowest BCUT2D eigenvalue weighted by atomic mass is 9.97. The molecule has 0 aliphatic rings. The molecule has 0 fully saturated rings. The summed E-state index contributed by atoms with van der Waals surface area (Å²) in [5.41, 5.74) is 4.15. The maximum Gasteiger partial charge on any atom is 0.416 e. The number of nitro benzene ring substituents is 2. The van der Waals surface area contributed by atoms with Crippen LogP contribution in [0.25, 0.3) is 0 Å². The molecule has 5 aromatic carbocycles. The van der Waals surface area contributed by atoms with Gasteiger partial charge in [-0.15, -0.1) is 0 Å². The van der Waals surface area contributed by atoms with Gasteiger partial charge >= 0.3 is 24.3 Å². The van der Waals surface area contributed by atoms with Gasteiger partial charge in [0.1, 0.15) is 46.7 Å². The second-order valence-electron chi connectivity index (χ2n) is 12.9. The van der Waals surface area contributed by atoms with Crippen LogP contribution in [0.3, 0.4) is 0 Å². The van der Waals surface area contributed by atoms with Crippen molar-refractivity contribution in [3.05, 3.63) is 186 Å². The number of carbonyl (C=O) groups is 5. The highest BCUT2D eigenvalue weighted by atomic mass is 35.5. The van der Waals surface area contributed by atoms with Gasteiger partial charge < -0.3 is 25.4 Å². The van der Waals surface area contributed by atoms with Gasteiger partial charge in [0.05, 0.1) is 37.4 Å². The number of aryl methyl sites for hydroxylation is 2. The number of amides is 1. The van der Waals surface area contributed by atoms with Crippen LogP contribution < -0.4 is 15.2 Å². The van der Waals surface area contributed by atoms with Gasteiger partial charge in [0.2, 0.25) is 5.91 Å². The van der Waals surface area contributed by atoms with Crippen LogP contribution in [0.2, 0.25) is 10.0 Å². The number of carbonyl (C=O) groups excluding carboxylic acids is 3. The van der Waals surface area contributed by atoms with Crippen LogP contribution in [-0.2, 0) is 39.6 Å². The van der Waals surface area contributed by atoms with Crippen molar-refractivity contribution in [3.63, 3.8) is 0 Å². The quantitative estimate of drug-likeness (QED) is 0.0326. The Morgan fingerprint density at radius 3 is 1.35 bits per heavy atom. The van der Waals surface area contributed by atoms with Crippen molar-refractivity contribution in [1.29, 1.82) is 0 Å². The van der Waals surface area contributed by atoms with E-state index in [-0.39, 0.29) is 39.0 Å². The normalized spacial score (nSPS) is 10.2. The highest BCUT2D eigenvalue weighted by Crippen LogP contribution is 2.39. The van der Waals surface area contributed by atoms with Crippen LogP contribution in [-0.4, -0.2) is 50.5 Å². The Morgan fingerprint density at radius 1 is 0.696 bits per heavy atom. The summed E-state index contributed by atoms with van der Waals surface area (Å²) < 4.78 is 85.8. The molecule has 5 aromatic rings. The third-order valence-electron chi connectivity index (χ3n) is 8.20. The molecule has 0 unspecified atom stereocenters.